The fourth-order valence-corrected chi connectivity index (χ4v) is 5.37. The van der Waals surface area contributed by atoms with Gasteiger partial charge in [0, 0.05) is 18.4 Å². The third kappa shape index (κ3) is 4.01. The number of nitrogens with zero attached hydrogens (tertiary/aromatic N) is 3. The van der Waals surface area contributed by atoms with E-state index in [9.17, 15) is 10.1 Å². The van der Waals surface area contributed by atoms with Gasteiger partial charge in [-0.2, -0.15) is 5.26 Å². The van der Waals surface area contributed by atoms with Crippen LogP contribution in [0.15, 0.2) is 59.1 Å². The van der Waals surface area contributed by atoms with Crippen LogP contribution in [0, 0.1) is 11.3 Å². The Morgan fingerprint density at radius 2 is 1.87 bits per heavy atom. The fourth-order valence-electron chi connectivity index (χ4n) is 4.12. The molecular formula is C24H25N3O3S. The number of ether oxygens (including phenoxy) is 2. The first-order chi connectivity index (χ1) is 15.1. The van der Waals surface area contributed by atoms with Gasteiger partial charge < -0.3 is 9.47 Å². The lowest BCUT2D eigenvalue weighted by molar-refractivity contribution is -0.132. The summed E-state index contributed by atoms with van der Waals surface area (Å²) >= 11 is 1.56. The SMILES string of the molecule is COc1ccc([C@@H]2CC(=O)N3CN([C@@H](C)c4ccccc4)CSC3=C2C#N)cc1OC. The lowest BCUT2D eigenvalue weighted by atomic mass is 9.86. The molecular weight excluding hydrogens is 410 g/mol. The van der Waals surface area contributed by atoms with Crippen molar-refractivity contribution in [1.82, 2.24) is 9.80 Å². The largest absolute Gasteiger partial charge is 0.493 e. The number of fused-ring (bicyclic) bond motifs is 1. The van der Waals surface area contributed by atoms with Crippen LogP contribution in [0.4, 0.5) is 0 Å². The predicted molar refractivity (Wildman–Crippen MR) is 120 cm³/mol. The van der Waals surface area contributed by atoms with Crippen molar-refractivity contribution in [1.29, 1.82) is 5.26 Å². The maximum absolute atomic E-state index is 13.1. The number of benzene rings is 2. The van der Waals surface area contributed by atoms with Gasteiger partial charge in [-0.1, -0.05) is 48.2 Å². The Bertz CT molecular complexity index is 1050. The van der Waals surface area contributed by atoms with Gasteiger partial charge in [-0.05, 0) is 30.2 Å². The molecule has 0 radical (unpaired) electrons. The number of carbonyl (C=O) groups is 1. The quantitative estimate of drug-likeness (QED) is 0.690. The number of methoxy groups -OCH3 is 2. The highest BCUT2D eigenvalue weighted by Gasteiger charge is 2.39. The molecule has 0 N–H and O–H groups in total. The second-order valence-electron chi connectivity index (χ2n) is 7.61. The summed E-state index contributed by atoms with van der Waals surface area (Å²) in [6, 6.07) is 18.4. The van der Waals surface area contributed by atoms with Crippen LogP contribution in [0.25, 0.3) is 0 Å². The lowest BCUT2D eigenvalue weighted by Crippen LogP contribution is -2.47. The summed E-state index contributed by atoms with van der Waals surface area (Å²) in [6.07, 6.45) is 0.260. The Labute approximate surface area is 187 Å². The monoisotopic (exact) mass is 435 g/mol. The molecule has 0 spiro atoms. The van der Waals surface area contributed by atoms with Gasteiger partial charge in [-0.3, -0.25) is 14.6 Å². The van der Waals surface area contributed by atoms with E-state index in [2.05, 4.69) is 30.0 Å². The van der Waals surface area contributed by atoms with Crippen molar-refractivity contribution in [3.63, 3.8) is 0 Å². The Hall–Kier alpha value is -2.95. The maximum Gasteiger partial charge on any atom is 0.229 e. The van der Waals surface area contributed by atoms with E-state index in [1.165, 1.54) is 5.56 Å². The number of carbonyl (C=O) groups excluding carboxylic acids is 1. The van der Waals surface area contributed by atoms with Crippen molar-refractivity contribution in [3.8, 4) is 17.6 Å². The molecule has 0 saturated carbocycles. The van der Waals surface area contributed by atoms with E-state index in [1.807, 2.05) is 36.4 Å². The minimum Gasteiger partial charge on any atom is -0.493 e. The summed E-state index contributed by atoms with van der Waals surface area (Å²) in [5.41, 5.74) is 2.74. The second kappa shape index (κ2) is 9.04. The highest BCUT2D eigenvalue weighted by atomic mass is 32.2. The third-order valence-corrected chi connectivity index (χ3v) is 7.13. The molecule has 1 fully saturated rings. The summed E-state index contributed by atoms with van der Waals surface area (Å²) < 4.78 is 10.7. The number of hydrogen-bond acceptors (Lipinski definition) is 6. The molecule has 4 rings (SSSR count). The number of rotatable bonds is 5. The molecule has 7 heteroatoms. The van der Waals surface area contributed by atoms with Crippen molar-refractivity contribution in [2.75, 3.05) is 26.8 Å². The molecule has 0 aliphatic carbocycles. The van der Waals surface area contributed by atoms with Crippen LogP contribution in [-0.4, -0.2) is 42.5 Å². The van der Waals surface area contributed by atoms with Crippen molar-refractivity contribution >= 4 is 17.7 Å². The normalized spacial score (nSPS) is 20.1. The van der Waals surface area contributed by atoms with E-state index in [0.717, 1.165) is 16.5 Å². The van der Waals surface area contributed by atoms with Gasteiger partial charge in [0.2, 0.25) is 5.91 Å². The molecule has 1 amide bonds. The van der Waals surface area contributed by atoms with Gasteiger partial charge in [0.05, 0.1) is 43.4 Å². The summed E-state index contributed by atoms with van der Waals surface area (Å²) in [7, 11) is 3.17. The van der Waals surface area contributed by atoms with Crippen LogP contribution in [0.3, 0.4) is 0 Å². The maximum atomic E-state index is 13.1. The molecule has 160 valence electrons. The van der Waals surface area contributed by atoms with E-state index < -0.39 is 0 Å². The highest BCUT2D eigenvalue weighted by molar-refractivity contribution is 8.03. The zero-order valence-electron chi connectivity index (χ0n) is 17.9. The van der Waals surface area contributed by atoms with Gasteiger partial charge in [0.15, 0.2) is 11.5 Å². The Morgan fingerprint density at radius 1 is 1.13 bits per heavy atom. The van der Waals surface area contributed by atoms with Crippen LogP contribution < -0.4 is 9.47 Å². The van der Waals surface area contributed by atoms with Crippen LogP contribution in [0.1, 0.15) is 36.4 Å². The average Bonchev–Trinajstić information content (AvgIpc) is 2.83. The van der Waals surface area contributed by atoms with Gasteiger partial charge in [-0.25, -0.2) is 0 Å². The minimum atomic E-state index is -0.283. The molecule has 1 saturated heterocycles. The molecule has 2 atom stereocenters. The van der Waals surface area contributed by atoms with E-state index in [-0.39, 0.29) is 24.3 Å². The molecule has 2 heterocycles. The fraction of sp³-hybridized carbons (Fsp3) is 0.333. The Morgan fingerprint density at radius 3 is 2.55 bits per heavy atom. The molecule has 6 nitrogen and oxygen atoms in total. The van der Waals surface area contributed by atoms with E-state index in [1.54, 1.807) is 30.9 Å². The number of hydrogen-bond donors (Lipinski definition) is 0. The van der Waals surface area contributed by atoms with Crippen molar-refractivity contribution in [2.24, 2.45) is 0 Å². The zero-order valence-corrected chi connectivity index (χ0v) is 18.7. The van der Waals surface area contributed by atoms with Crippen molar-refractivity contribution < 1.29 is 14.3 Å². The first-order valence-corrected chi connectivity index (χ1v) is 11.1. The average molecular weight is 436 g/mol. The van der Waals surface area contributed by atoms with Gasteiger partial charge >= 0.3 is 0 Å². The molecule has 2 aliphatic heterocycles. The van der Waals surface area contributed by atoms with Gasteiger partial charge in [0.25, 0.3) is 0 Å². The summed E-state index contributed by atoms with van der Waals surface area (Å²) in [5.74, 6) is 1.69. The number of thioether (sulfide) groups is 1. The molecule has 31 heavy (non-hydrogen) atoms. The smallest absolute Gasteiger partial charge is 0.229 e. The molecule has 0 bridgehead atoms. The topological polar surface area (TPSA) is 65.8 Å². The van der Waals surface area contributed by atoms with Crippen LogP contribution >= 0.6 is 11.8 Å². The number of allylic oxidation sites excluding steroid dienone is 1. The first-order valence-electron chi connectivity index (χ1n) is 10.2. The minimum absolute atomic E-state index is 0.0336. The first kappa shape index (κ1) is 21.3. The van der Waals surface area contributed by atoms with Crippen LogP contribution in [0.5, 0.6) is 11.5 Å². The van der Waals surface area contributed by atoms with Crippen LogP contribution in [-0.2, 0) is 4.79 Å². The highest BCUT2D eigenvalue weighted by Crippen LogP contribution is 2.45. The molecule has 0 aromatic heterocycles. The summed E-state index contributed by atoms with van der Waals surface area (Å²) in [6.45, 7) is 2.64. The molecule has 2 aromatic carbocycles. The number of nitriles is 1. The molecule has 0 unspecified atom stereocenters. The number of amides is 1. The molecule has 2 aromatic rings. The summed E-state index contributed by atoms with van der Waals surface area (Å²) in [4.78, 5) is 17.2. The second-order valence-corrected chi connectivity index (χ2v) is 8.55. The standard InChI is InChI=1S/C24H25N3O3S/c1-16(17-7-5-4-6-8-17)26-14-27-23(28)12-19(20(13-25)24(27)31-15-26)18-9-10-21(29-2)22(11-18)30-3/h4-11,16,19H,12,14-15H2,1-3H3/t16-,19-/m0/s1. The van der Waals surface area contributed by atoms with E-state index in [0.29, 0.717) is 23.7 Å². The summed E-state index contributed by atoms with van der Waals surface area (Å²) in [5, 5.41) is 10.8. The van der Waals surface area contributed by atoms with Crippen molar-refractivity contribution in [3.05, 3.63) is 70.3 Å². The van der Waals surface area contributed by atoms with E-state index in [4.69, 9.17) is 9.47 Å². The van der Waals surface area contributed by atoms with Gasteiger partial charge in [-0.15, -0.1) is 0 Å². The third-order valence-electron chi connectivity index (χ3n) is 5.95. The van der Waals surface area contributed by atoms with Gasteiger partial charge in [0.1, 0.15) is 0 Å². The van der Waals surface area contributed by atoms with Crippen LogP contribution in [0.2, 0.25) is 0 Å². The Balaban J connectivity index is 1.63. The predicted octanol–water partition coefficient (Wildman–Crippen LogP) is 4.48. The lowest BCUT2D eigenvalue weighted by Gasteiger charge is -2.43. The Kier molecular flexibility index (Phi) is 6.21. The van der Waals surface area contributed by atoms with E-state index >= 15 is 0 Å². The molecule has 2 aliphatic rings. The zero-order chi connectivity index (χ0) is 22.0. The van der Waals surface area contributed by atoms with Crippen molar-refractivity contribution in [2.45, 2.75) is 25.3 Å².